The van der Waals surface area contributed by atoms with E-state index in [9.17, 15) is 13.2 Å². The molecule has 4 nitrogen and oxygen atoms in total. The third kappa shape index (κ3) is 2.91. The molecular formula is C13H10F3N3O. The lowest BCUT2D eigenvalue weighted by molar-refractivity contribution is -0.141. The van der Waals surface area contributed by atoms with Gasteiger partial charge in [-0.15, -0.1) is 0 Å². The zero-order valence-corrected chi connectivity index (χ0v) is 10.5. The Kier molecular flexibility index (Phi) is 3.66. The minimum atomic E-state index is -4.46. The highest BCUT2D eigenvalue weighted by atomic mass is 19.4. The van der Waals surface area contributed by atoms with Gasteiger partial charge in [0.25, 0.3) is 0 Å². The van der Waals surface area contributed by atoms with E-state index in [2.05, 4.69) is 5.10 Å². The molecule has 1 heterocycles. The van der Waals surface area contributed by atoms with Crippen molar-refractivity contribution in [2.75, 3.05) is 7.11 Å². The van der Waals surface area contributed by atoms with E-state index in [1.807, 2.05) is 6.07 Å². The summed E-state index contributed by atoms with van der Waals surface area (Å²) in [7, 11) is 1.44. The quantitative estimate of drug-likeness (QED) is 0.869. The number of nitrogens with zero attached hydrogens (tertiary/aromatic N) is 3. The fourth-order valence-corrected chi connectivity index (χ4v) is 1.73. The predicted octanol–water partition coefficient (Wildman–Crippen LogP) is 2.83. The molecule has 1 aromatic carbocycles. The van der Waals surface area contributed by atoms with E-state index in [4.69, 9.17) is 10.00 Å². The van der Waals surface area contributed by atoms with Crippen LogP contribution in [0, 0.1) is 11.3 Å². The van der Waals surface area contributed by atoms with E-state index in [1.54, 1.807) is 18.2 Å². The number of ether oxygens (including phenoxy) is 1. The molecule has 0 aliphatic carbocycles. The number of halogens is 3. The Bertz CT molecular complexity index is 656. The van der Waals surface area contributed by atoms with Gasteiger partial charge in [-0.05, 0) is 23.8 Å². The van der Waals surface area contributed by atoms with E-state index in [1.165, 1.54) is 18.0 Å². The monoisotopic (exact) mass is 281 g/mol. The van der Waals surface area contributed by atoms with Crippen molar-refractivity contribution in [3.8, 4) is 11.8 Å². The number of methoxy groups -OCH3 is 1. The topological polar surface area (TPSA) is 50.8 Å². The van der Waals surface area contributed by atoms with Crippen molar-refractivity contribution in [1.82, 2.24) is 9.78 Å². The molecule has 7 heteroatoms. The summed E-state index contributed by atoms with van der Waals surface area (Å²) in [6.07, 6.45) is -3.21. The number of alkyl halides is 3. The Hall–Kier alpha value is -2.49. The van der Waals surface area contributed by atoms with Gasteiger partial charge >= 0.3 is 6.18 Å². The van der Waals surface area contributed by atoms with Gasteiger partial charge in [-0.25, -0.2) is 0 Å². The van der Waals surface area contributed by atoms with Gasteiger partial charge in [-0.1, -0.05) is 6.07 Å². The number of aromatic nitrogens is 2. The fraction of sp³-hybridized carbons (Fsp3) is 0.231. The van der Waals surface area contributed by atoms with Crippen LogP contribution in [0.1, 0.15) is 16.8 Å². The first-order chi connectivity index (χ1) is 9.44. The second-order valence-electron chi connectivity index (χ2n) is 4.04. The summed E-state index contributed by atoms with van der Waals surface area (Å²) in [6, 6.07) is 7.72. The number of rotatable bonds is 3. The van der Waals surface area contributed by atoms with Crippen LogP contribution in [-0.2, 0) is 12.7 Å². The summed E-state index contributed by atoms with van der Waals surface area (Å²) >= 11 is 0. The van der Waals surface area contributed by atoms with Crippen LogP contribution in [0.4, 0.5) is 13.2 Å². The van der Waals surface area contributed by atoms with Gasteiger partial charge in [0, 0.05) is 6.20 Å². The molecule has 0 saturated heterocycles. The minimum absolute atomic E-state index is 0.148. The second kappa shape index (κ2) is 5.25. The first kappa shape index (κ1) is 13.9. The first-order valence-electron chi connectivity index (χ1n) is 5.61. The van der Waals surface area contributed by atoms with E-state index in [-0.39, 0.29) is 6.54 Å². The lowest BCUT2D eigenvalue weighted by Crippen LogP contribution is -2.08. The molecule has 0 fully saturated rings. The molecule has 20 heavy (non-hydrogen) atoms. The molecule has 0 bridgehead atoms. The molecule has 2 rings (SSSR count). The second-order valence-corrected chi connectivity index (χ2v) is 4.04. The third-order valence-corrected chi connectivity index (χ3v) is 2.66. The summed E-state index contributed by atoms with van der Waals surface area (Å²) in [5, 5.41) is 12.4. The van der Waals surface area contributed by atoms with Gasteiger partial charge in [0.1, 0.15) is 11.8 Å². The van der Waals surface area contributed by atoms with Crippen molar-refractivity contribution < 1.29 is 17.9 Å². The standard InChI is InChI=1S/C13H10F3N3O/c1-20-11-3-2-9(6-10(11)7-17)8-19-5-4-12(18-19)13(14,15)16/h2-6H,8H2,1H3. The van der Waals surface area contributed by atoms with Crippen LogP contribution in [0.25, 0.3) is 0 Å². The first-order valence-corrected chi connectivity index (χ1v) is 5.61. The van der Waals surface area contributed by atoms with Crippen molar-refractivity contribution in [3.63, 3.8) is 0 Å². The molecule has 0 N–H and O–H groups in total. The predicted molar refractivity (Wildman–Crippen MR) is 64.0 cm³/mol. The van der Waals surface area contributed by atoms with Gasteiger partial charge in [-0.2, -0.15) is 23.5 Å². The van der Waals surface area contributed by atoms with Crippen molar-refractivity contribution in [2.45, 2.75) is 12.7 Å². The maximum atomic E-state index is 12.4. The van der Waals surface area contributed by atoms with Crippen LogP contribution in [0.15, 0.2) is 30.5 Å². The Morgan fingerprint density at radius 3 is 2.65 bits per heavy atom. The van der Waals surface area contributed by atoms with Crippen molar-refractivity contribution in [1.29, 1.82) is 5.26 Å². The van der Waals surface area contributed by atoms with E-state index in [0.29, 0.717) is 16.9 Å². The van der Waals surface area contributed by atoms with Crippen LogP contribution in [0.3, 0.4) is 0 Å². The SMILES string of the molecule is COc1ccc(Cn2ccc(C(F)(F)F)n2)cc1C#N. The summed E-state index contributed by atoms with van der Waals surface area (Å²) < 4.78 is 43.4. The number of hydrogen-bond acceptors (Lipinski definition) is 3. The molecule has 0 unspecified atom stereocenters. The molecule has 0 spiro atoms. The van der Waals surface area contributed by atoms with Gasteiger partial charge in [0.2, 0.25) is 0 Å². The van der Waals surface area contributed by atoms with Crippen LogP contribution in [0.2, 0.25) is 0 Å². The maximum Gasteiger partial charge on any atom is 0.435 e. The molecule has 2 aromatic rings. The Balaban J connectivity index is 2.23. The van der Waals surface area contributed by atoms with Crippen LogP contribution in [0.5, 0.6) is 5.75 Å². The van der Waals surface area contributed by atoms with Crippen LogP contribution < -0.4 is 4.74 Å². The van der Waals surface area contributed by atoms with Crippen molar-refractivity contribution in [3.05, 3.63) is 47.3 Å². The van der Waals surface area contributed by atoms with Gasteiger partial charge in [0.15, 0.2) is 5.69 Å². The molecule has 0 radical (unpaired) electrons. The smallest absolute Gasteiger partial charge is 0.435 e. The third-order valence-electron chi connectivity index (χ3n) is 2.66. The molecule has 0 atom stereocenters. The lowest BCUT2D eigenvalue weighted by Gasteiger charge is -2.06. The number of nitriles is 1. The molecule has 104 valence electrons. The van der Waals surface area contributed by atoms with Gasteiger partial charge < -0.3 is 4.74 Å². The molecule has 0 aliphatic heterocycles. The zero-order valence-electron chi connectivity index (χ0n) is 10.5. The van der Waals surface area contributed by atoms with E-state index >= 15 is 0 Å². The Labute approximate surface area is 113 Å². The maximum absolute atomic E-state index is 12.4. The molecule has 0 amide bonds. The minimum Gasteiger partial charge on any atom is -0.495 e. The highest BCUT2D eigenvalue weighted by Gasteiger charge is 2.33. The Morgan fingerprint density at radius 2 is 2.10 bits per heavy atom. The van der Waals surface area contributed by atoms with Crippen molar-refractivity contribution >= 4 is 0 Å². The summed E-state index contributed by atoms with van der Waals surface area (Å²) in [5.41, 5.74) is 0.0545. The average molecular weight is 281 g/mol. The molecule has 0 saturated carbocycles. The largest absolute Gasteiger partial charge is 0.495 e. The molecule has 1 aromatic heterocycles. The Morgan fingerprint density at radius 1 is 1.35 bits per heavy atom. The summed E-state index contributed by atoms with van der Waals surface area (Å²) in [4.78, 5) is 0. The summed E-state index contributed by atoms with van der Waals surface area (Å²) in [5.74, 6) is 0.424. The lowest BCUT2D eigenvalue weighted by atomic mass is 10.1. The summed E-state index contributed by atoms with van der Waals surface area (Å²) in [6.45, 7) is 0.148. The van der Waals surface area contributed by atoms with Crippen LogP contribution in [-0.4, -0.2) is 16.9 Å². The zero-order chi connectivity index (χ0) is 14.8. The van der Waals surface area contributed by atoms with Gasteiger partial charge in [-0.3, -0.25) is 4.68 Å². The normalized spacial score (nSPS) is 11.2. The van der Waals surface area contributed by atoms with E-state index in [0.717, 1.165) is 6.07 Å². The molecule has 0 aliphatic rings. The number of hydrogen-bond donors (Lipinski definition) is 0. The highest BCUT2D eigenvalue weighted by molar-refractivity contribution is 5.45. The van der Waals surface area contributed by atoms with Crippen LogP contribution >= 0.6 is 0 Å². The van der Waals surface area contributed by atoms with Gasteiger partial charge in [0.05, 0.1) is 19.2 Å². The average Bonchev–Trinajstić information content (AvgIpc) is 2.87. The highest BCUT2D eigenvalue weighted by Crippen LogP contribution is 2.27. The number of benzene rings is 1. The van der Waals surface area contributed by atoms with Crippen molar-refractivity contribution in [2.24, 2.45) is 0 Å². The molecular weight excluding hydrogens is 271 g/mol. The van der Waals surface area contributed by atoms with E-state index < -0.39 is 11.9 Å². The fourth-order valence-electron chi connectivity index (χ4n) is 1.73.